The van der Waals surface area contributed by atoms with Crippen LogP contribution in [0.1, 0.15) is 33.6 Å². The van der Waals surface area contributed by atoms with E-state index in [1.165, 1.54) is 0 Å². The van der Waals surface area contributed by atoms with Gasteiger partial charge in [0.25, 0.3) is 0 Å². The normalized spacial score (nSPS) is 9.42. The van der Waals surface area contributed by atoms with Crippen LogP contribution >= 0.6 is 0 Å². The van der Waals surface area contributed by atoms with E-state index < -0.39 is 0 Å². The Labute approximate surface area is 142 Å². The Balaban J connectivity index is 1.93. The number of aryl methyl sites for hydroxylation is 2. The quantitative estimate of drug-likeness (QED) is 0.589. The molecule has 0 unspecified atom stereocenters. The summed E-state index contributed by atoms with van der Waals surface area (Å²) in [7, 11) is 0. The number of rotatable bonds is 0. The van der Waals surface area contributed by atoms with Crippen LogP contribution in [0.15, 0.2) is 60.9 Å². The molecule has 0 aliphatic heterocycles. The zero-order valence-corrected chi connectivity index (χ0v) is 13.7. The Morgan fingerprint density at radius 1 is 0.625 bits per heavy atom. The maximum Gasteiger partial charge on any atom is 0.113 e. The van der Waals surface area contributed by atoms with Crippen LogP contribution in [0.2, 0.25) is 0 Å². The fourth-order valence-electron chi connectivity index (χ4n) is 2.17. The van der Waals surface area contributed by atoms with Gasteiger partial charge in [-0.2, -0.15) is 0 Å². The summed E-state index contributed by atoms with van der Waals surface area (Å²) in [6.07, 6.45) is 3.54. The van der Waals surface area contributed by atoms with Crippen molar-refractivity contribution in [1.82, 2.24) is 9.97 Å². The Morgan fingerprint density at radius 3 is 1.50 bits per heavy atom. The van der Waals surface area contributed by atoms with Gasteiger partial charge in [0, 0.05) is 23.5 Å². The molecule has 2 nitrogen and oxygen atoms in total. The SMILES string of the molecule is Cc1ccnc(C#Cc2ccccc2C#Cc2cc(C)ccn2)c1. The van der Waals surface area contributed by atoms with Gasteiger partial charge in [0.05, 0.1) is 0 Å². The van der Waals surface area contributed by atoms with Gasteiger partial charge in [-0.1, -0.05) is 24.0 Å². The average molecular weight is 308 g/mol. The number of aromatic nitrogens is 2. The first-order valence-electron chi connectivity index (χ1n) is 7.69. The number of benzene rings is 1. The second-order valence-electron chi connectivity index (χ2n) is 5.48. The van der Waals surface area contributed by atoms with Crippen molar-refractivity contribution >= 4 is 0 Å². The van der Waals surface area contributed by atoms with E-state index in [2.05, 4.69) is 33.6 Å². The third-order valence-electron chi connectivity index (χ3n) is 3.41. The summed E-state index contributed by atoms with van der Waals surface area (Å²) in [4.78, 5) is 8.54. The molecule has 0 radical (unpaired) electrons. The van der Waals surface area contributed by atoms with Crippen LogP contribution in [-0.2, 0) is 0 Å². The Bertz CT molecular complexity index is 913. The van der Waals surface area contributed by atoms with E-state index in [-0.39, 0.29) is 0 Å². The van der Waals surface area contributed by atoms with Crippen LogP contribution in [0.25, 0.3) is 0 Å². The molecule has 114 valence electrons. The van der Waals surface area contributed by atoms with Gasteiger partial charge < -0.3 is 0 Å². The fourth-order valence-corrected chi connectivity index (χ4v) is 2.17. The van der Waals surface area contributed by atoms with Crippen molar-refractivity contribution in [2.75, 3.05) is 0 Å². The van der Waals surface area contributed by atoms with Crippen LogP contribution in [0.4, 0.5) is 0 Å². The molecule has 0 aliphatic carbocycles. The van der Waals surface area contributed by atoms with Crippen molar-refractivity contribution in [2.24, 2.45) is 0 Å². The lowest BCUT2D eigenvalue weighted by atomic mass is 10.1. The van der Waals surface area contributed by atoms with Crippen molar-refractivity contribution in [3.8, 4) is 23.7 Å². The van der Waals surface area contributed by atoms with Gasteiger partial charge in [0.15, 0.2) is 0 Å². The molecular weight excluding hydrogens is 292 g/mol. The minimum absolute atomic E-state index is 0.762. The van der Waals surface area contributed by atoms with E-state index in [4.69, 9.17) is 0 Å². The monoisotopic (exact) mass is 308 g/mol. The Hall–Kier alpha value is -3.36. The predicted molar refractivity (Wildman–Crippen MR) is 96.4 cm³/mol. The topological polar surface area (TPSA) is 25.8 Å². The standard InChI is InChI=1S/C22H16N2/c1-17-11-13-23-21(15-17)9-7-19-5-3-4-6-20(19)8-10-22-16-18(2)12-14-24-22/h3-6,11-16H,1-2H3. The molecule has 0 saturated carbocycles. The largest absolute Gasteiger partial charge is 0.248 e. The van der Waals surface area contributed by atoms with E-state index in [0.29, 0.717) is 0 Å². The summed E-state index contributed by atoms with van der Waals surface area (Å²) in [5.74, 6) is 12.5. The van der Waals surface area contributed by atoms with E-state index in [1.807, 2.05) is 62.4 Å². The van der Waals surface area contributed by atoms with Crippen LogP contribution < -0.4 is 0 Å². The number of pyridine rings is 2. The van der Waals surface area contributed by atoms with Crippen LogP contribution in [0, 0.1) is 37.5 Å². The van der Waals surface area contributed by atoms with Gasteiger partial charge in [-0.15, -0.1) is 0 Å². The molecule has 0 bridgehead atoms. The zero-order chi connectivity index (χ0) is 16.8. The maximum absolute atomic E-state index is 4.27. The van der Waals surface area contributed by atoms with Crippen molar-refractivity contribution in [3.05, 3.63) is 94.6 Å². The molecule has 2 heteroatoms. The van der Waals surface area contributed by atoms with E-state index in [1.54, 1.807) is 12.4 Å². The molecule has 24 heavy (non-hydrogen) atoms. The first-order valence-corrected chi connectivity index (χ1v) is 7.69. The Morgan fingerprint density at radius 2 is 1.08 bits per heavy atom. The van der Waals surface area contributed by atoms with Gasteiger partial charge in [0.1, 0.15) is 11.4 Å². The minimum Gasteiger partial charge on any atom is -0.248 e. The first-order chi connectivity index (χ1) is 11.7. The third-order valence-corrected chi connectivity index (χ3v) is 3.41. The number of hydrogen-bond acceptors (Lipinski definition) is 2. The highest BCUT2D eigenvalue weighted by Gasteiger charge is 1.96. The van der Waals surface area contributed by atoms with Crippen molar-refractivity contribution in [3.63, 3.8) is 0 Å². The summed E-state index contributed by atoms with van der Waals surface area (Å²) in [6.45, 7) is 4.06. The summed E-state index contributed by atoms with van der Waals surface area (Å²) in [6, 6.07) is 15.7. The summed E-state index contributed by atoms with van der Waals surface area (Å²) in [5.41, 5.74) is 5.60. The van der Waals surface area contributed by atoms with E-state index in [0.717, 1.165) is 33.6 Å². The third kappa shape index (κ3) is 4.09. The smallest absolute Gasteiger partial charge is 0.113 e. The van der Waals surface area contributed by atoms with Crippen molar-refractivity contribution in [1.29, 1.82) is 0 Å². The maximum atomic E-state index is 4.27. The molecule has 0 amide bonds. The Kier molecular flexibility index (Phi) is 4.70. The lowest BCUT2D eigenvalue weighted by Gasteiger charge is -1.96. The summed E-state index contributed by atoms with van der Waals surface area (Å²) < 4.78 is 0. The van der Waals surface area contributed by atoms with E-state index in [9.17, 15) is 0 Å². The molecule has 0 N–H and O–H groups in total. The average Bonchev–Trinajstić information content (AvgIpc) is 2.59. The predicted octanol–water partition coefficient (Wildman–Crippen LogP) is 3.89. The van der Waals surface area contributed by atoms with Gasteiger partial charge in [-0.05, 0) is 73.2 Å². The van der Waals surface area contributed by atoms with Crippen LogP contribution in [0.5, 0.6) is 0 Å². The first kappa shape index (κ1) is 15.5. The lowest BCUT2D eigenvalue weighted by molar-refractivity contribution is 1.25. The summed E-state index contributed by atoms with van der Waals surface area (Å²) >= 11 is 0. The van der Waals surface area contributed by atoms with Gasteiger partial charge >= 0.3 is 0 Å². The van der Waals surface area contributed by atoms with E-state index >= 15 is 0 Å². The van der Waals surface area contributed by atoms with Crippen LogP contribution in [-0.4, -0.2) is 9.97 Å². The number of nitrogens with zero attached hydrogens (tertiary/aromatic N) is 2. The molecule has 2 heterocycles. The molecule has 3 rings (SSSR count). The highest BCUT2D eigenvalue weighted by molar-refractivity contribution is 5.53. The molecule has 0 atom stereocenters. The second kappa shape index (κ2) is 7.27. The molecule has 3 aromatic rings. The second-order valence-corrected chi connectivity index (χ2v) is 5.48. The lowest BCUT2D eigenvalue weighted by Crippen LogP contribution is -1.86. The molecule has 0 saturated heterocycles. The fraction of sp³-hybridized carbons (Fsp3) is 0.0909. The summed E-state index contributed by atoms with van der Waals surface area (Å²) in [5, 5.41) is 0. The van der Waals surface area contributed by atoms with Crippen LogP contribution in [0.3, 0.4) is 0 Å². The molecule has 0 fully saturated rings. The van der Waals surface area contributed by atoms with Gasteiger partial charge in [-0.25, -0.2) is 9.97 Å². The van der Waals surface area contributed by atoms with Gasteiger partial charge in [0.2, 0.25) is 0 Å². The molecule has 1 aromatic carbocycles. The molecule has 2 aromatic heterocycles. The van der Waals surface area contributed by atoms with Crippen molar-refractivity contribution in [2.45, 2.75) is 13.8 Å². The highest BCUT2D eigenvalue weighted by Crippen LogP contribution is 2.07. The molecular formula is C22H16N2. The van der Waals surface area contributed by atoms with Gasteiger partial charge in [-0.3, -0.25) is 0 Å². The van der Waals surface area contributed by atoms with Crippen molar-refractivity contribution < 1.29 is 0 Å². The number of hydrogen-bond donors (Lipinski definition) is 0. The highest BCUT2D eigenvalue weighted by atomic mass is 14.7. The minimum atomic E-state index is 0.762. The molecule has 0 spiro atoms. The zero-order valence-electron chi connectivity index (χ0n) is 13.7. The molecule has 0 aliphatic rings.